The lowest BCUT2D eigenvalue weighted by Crippen LogP contribution is -1.89. The summed E-state index contributed by atoms with van der Waals surface area (Å²) in [5.74, 6) is 0. The average molecular weight is 272 g/mol. The van der Waals surface area contributed by atoms with Crippen LogP contribution in [0.2, 0.25) is 0 Å². The number of hydrogen-bond acceptors (Lipinski definition) is 2. The second-order valence-corrected chi connectivity index (χ2v) is 4.80. The predicted octanol–water partition coefficient (Wildman–Crippen LogP) is 4.42. The van der Waals surface area contributed by atoms with Crippen molar-refractivity contribution in [2.45, 2.75) is 6.42 Å². The Hall–Kier alpha value is -2.74. The average Bonchev–Trinajstić information content (AvgIpc) is 2.56. The molecule has 0 amide bonds. The molecule has 2 heteroatoms. The van der Waals surface area contributed by atoms with Gasteiger partial charge in [-0.15, -0.1) is 0 Å². The molecule has 0 N–H and O–H groups in total. The largest absolute Gasteiger partial charge is 0.255 e. The second kappa shape index (κ2) is 6.62. The molecule has 0 bridgehead atoms. The van der Waals surface area contributed by atoms with E-state index < -0.39 is 0 Å². The summed E-state index contributed by atoms with van der Waals surface area (Å²) in [6, 6.07) is 24.5. The van der Waals surface area contributed by atoms with E-state index in [2.05, 4.69) is 46.4 Å². The summed E-state index contributed by atoms with van der Waals surface area (Å²) in [7, 11) is 0. The van der Waals surface area contributed by atoms with Crippen molar-refractivity contribution in [3.63, 3.8) is 0 Å². The maximum Gasteiger partial charge on any atom is 0.0812 e. The lowest BCUT2D eigenvalue weighted by atomic mass is 10.0. The van der Waals surface area contributed by atoms with Gasteiger partial charge in [0.15, 0.2) is 0 Å². The van der Waals surface area contributed by atoms with Crippen LogP contribution in [0.5, 0.6) is 0 Å². The minimum Gasteiger partial charge on any atom is -0.255 e. The van der Waals surface area contributed by atoms with Crippen LogP contribution in [0, 0.1) is 0 Å². The monoisotopic (exact) mass is 272 g/mol. The minimum absolute atomic E-state index is 0.868. The first kappa shape index (κ1) is 13.3. The molecule has 21 heavy (non-hydrogen) atoms. The standard InChI is InChI=1S/C19H16N2/c1-2-8-16(9-3-1)14-17-10-4-5-12-19(17)21-15-18-11-6-7-13-20-18/h1-13,15H,14H2. The van der Waals surface area contributed by atoms with Crippen molar-refractivity contribution in [3.05, 3.63) is 95.8 Å². The Balaban J connectivity index is 1.84. The van der Waals surface area contributed by atoms with Gasteiger partial charge in [0.25, 0.3) is 0 Å². The van der Waals surface area contributed by atoms with Gasteiger partial charge in [-0.1, -0.05) is 54.6 Å². The Morgan fingerprint density at radius 3 is 2.38 bits per heavy atom. The van der Waals surface area contributed by atoms with Gasteiger partial charge in [0, 0.05) is 6.20 Å². The van der Waals surface area contributed by atoms with E-state index in [4.69, 9.17) is 0 Å². The Morgan fingerprint density at radius 1 is 0.810 bits per heavy atom. The SMILES string of the molecule is C(=Nc1ccccc1Cc1ccccc1)c1ccccn1. The number of para-hydroxylation sites is 1. The van der Waals surface area contributed by atoms with Crippen LogP contribution in [-0.2, 0) is 6.42 Å². The summed E-state index contributed by atoms with van der Waals surface area (Å²) in [5.41, 5.74) is 4.37. The highest BCUT2D eigenvalue weighted by atomic mass is 14.8. The molecule has 0 aliphatic heterocycles. The fourth-order valence-corrected chi connectivity index (χ4v) is 2.19. The molecule has 0 atom stereocenters. The minimum atomic E-state index is 0.868. The van der Waals surface area contributed by atoms with Gasteiger partial charge in [-0.05, 0) is 35.7 Å². The van der Waals surface area contributed by atoms with E-state index >= 15 is 0 Å². The van der Waals surface area contributed by atoms with Crippen LogP contribution in [0.1, 0.15) is 16.8 Å². The number of pyridine rings is 1. The zero-order valence-corrected chi connectivity index (χ0v) is 11.7. The van der Waals surface area contributed by atoms with Gasteiger partial charge in [-0.3, -0.25) is 9.98 Å². The van der Waals surface area contributed by atoms with E-state index in [1.807, 2.05) is 42.6 Å². The smallest absolute Gasteiger partial charge is 0.0812 e. The predicted molar refractivity (Wildman–Crippen MR) is 87.2 cm³/mol. The molecular formula is C19H16N2. The highest BCUT2D eigenvalue weighted by Gasteiger charge is 2.01. The molecule has 1 heterocycles. The zero-order valence-electron chi connectivity index (χ0n) is 11.7. The summed E-state index contributed by atoms with van der Waals surface area (Å²) >= 11 is 0. The van der Waals surface area contributed by atoms with E-state index in [9.17, 15) is 0 Å². The van der Waals surface area contributed by atoms with E-state index in [1.165, 1.54) is 11.1 Å². The summed E-state index contributed by atoms with van der Waals surface area (Å²) in [6.45, 7) is 0. The van der Waals surface area contributed by atoms with Gasteiger partial charge in [0.05, 0.1) is 17.6 Å². The highest BCUT2D eigenvalue weighted by Crippen LogP contribution is 2.21. The Bertz CT molecular complexity index is 719. The first-order valence-corrected chi connectivity index (χ1v) is 6.99. The topological polar surface area (TPSA) is 25.2 Å². The molecule has 0 radical (unpaired) electrons. The van der Waals surface area contributed by atoms with E-state index in [0.29, 0.717) is 0 Å². The first-order valence-electron chi connectivity index (χ1n) is 6.99. The molecule has 0 saturated carbocycles. The normalized spacial score (nSPS) is 10.9. The molecule has 0 aliphatic rings. The van der Waals surface area contributed by atoms with Gasteiger partial charge in [0.1, 0.15) is 0 Å². The molecule has 0 aliphatic carbocycles. The van der Waals surface area contributed by atoms with Crippen LogP contribution in [0.15, 0.2) is 84.0 Å². The van der Waals surface area contributed by atoms with Crippen molar-refractivity contribution in [2.24, 2.45) is 4.99 Å². The van der Waals surface area contributed by atoms with Crippen molar-refractivity contribution in [2.75, 3.05) is 0 Å². The van der Waals surface area contributed by atoms with E-state index in [-0.39, 0.29) is 0 Å². The fourth-order valence-electron chi connectivity index (χ4n) is 2.19. The molecule has 102 valence electrons. The number of benzene rings is 2. The first-order chi connectivity index (χ1) is 10.4. The van der Waals surface area contributed by atoms with Gasteiger partial charge in [-0.25, -0.2) is 0 Å². The van der Waals surface area contributed by atoms with Crippen LogP contribution in [-0.4, -0.2) is 11.2 Å². The Labute approximate surface area is 124 Å². The van der Waals surface area contributed by atoms with Crippen molar-refractivity contribution in [1.82, 2.24) is 4.98 Å². The van der Waals surface area contributed by atoms with Crippen molar-refractivity contribution in [1.29, 1.82) is 0 Å². The van der Waals surface area contributed by atoms with E-state index in [1.54, 1.807) is 6.20 Å². The molecule has 0 saturated heterocycles. The molecule has 2 nitrogen and oxygen atoms in total. The maximum atomic E-state index is 4.59. The second-order valence-electron chi connectivity index (χ2n) is 4.80. The summed E-state index contributed by atoms with van der Waals surface area (Å²) < 4.78 is 0. The van der Waals surface area contributed by atoms with Crippen molar-refractivity contribution in [3.8, 4) is 0 Å². The molecule has 3 rings (SSSR count). The number of aliphatic imine (C=N–C) groups is 1. The van der Waals surface area contributed by atoms with Crippen LogP contribution in [0.4, 0.5) is 5.69 Å². The molecule has 0 spiro atoms. The van der Waals surface area contributed by atoms with Gasteiger partial charge < -0.3 is 0 Å². The summed E-state index contributed by atoms with van der Waals surface area (Å²) in [5, 5.41) is 0. The number of nitrogens with zero attached hydrogens (tertiary/aromatic N) is 2. The van der Waals surface area contributed by atoms with Crippen LogP contribution < -0.4 is 0 Å². The van der Waals surface area contributed by atoms with Crippen molar-refractivity contribution >= 4 is 11.9 Å². The molecule has 2 aromatic carbocycles. The van der Waals surface area contributed by atoms with Crippen molar-refractivity contribution < 1.29 is 0 Å². The third kappa shape index (κ3) is 3.63. The van der Waals surface area contributed by atoms with Gasteiger partial charge in [0.2, 0.25) is 0 Å². The van der Waals surface area contributed by atoms with Crippen LogP contribution in [0.25, 0.3) is 0 Å². The number of aromatic nitrogens is 1. The molecule has 3 aromatic rings. The zero-order chi connectivity index (χ0) is 14.3. The third-order valence-electron chi connectivity index (χ3n) is 3.25. The number of rotatable bonds is 4. The third-order valence-corrected chi connectivity index (χ3v) is 3.25. The summed E-state index contributed by atoms with van der Waals surface area (Å²) in [6.07, 6.45) is 4.47. The van der Waals surface area contributed by atoms with Crippen LogP contribution in [0.3, 0.4) is 0 Å². The van der Waals surface area contributed by atoms with E-state index in [0.717, 1.165) is 17.8 Å². The summed E-state index contributed by atoms with van der Waals surface area (Å²) in [4.78, 5) is 8.84. The number of hydrogen-bond donors (Lipinski definition) is 0. The molecule has 0 unspecified atom stereocenters. The lowest BCUT2D eigenvalue weighted by Gasteiger charge is -2.05. The highest BCUT2D eigenvalue weighted by molar-refractivity contribution is 5.79. The molecule has 0 fully saturated rings. The van der Waals surface area contributed by atoms with Gasteiger partial charge in [-0.2, -0.15) is 0 Å². The fraction of sp³-hybridized carbons (Fsp3) is 0.0526. The Morgan fingerprint density at radius 2 is 1.57 bits per heavy atom. The lowest BCUT2D eigenvalue weighted by molar-refractivity contribution is 1.18. The molecular weight excluding hydrogens is 256 g/mol. The Kier molecular flexibility index (Phi) is 4.18. The maximum absolute atomic E-state index is 4.59. The van der Waals surface area contributed by atoms with Crippen LogP contribution >= 0.6 is 0 Å². The quantitative estimate of drug-likeness (QED) is 0.645. The molecule has 1 aromatic heterocycles. The van der Waals surface area contributed by atoms with Gasteiger partial charge >= 0.3 is 0 Å².